The van der Waals surface area contributed by atoms with E-state index in [1.54, 1.807) is 0 Å². The molecule has 1 aliphatic heterocycles. The van der Waals surface area contributed by atoms with Crippen LogP contribution in [0.5, 0.6) is 0 Å². The summed E-state index contributed by atoms with van der Waals surface area (Å²) in [5, 5.41) is 10.4. The van der Waals surface area contributed by atoms with Gasteiger partial charge in [0.05, 0.1) is 6.10 Å². The van der Waals surface area contributed by atoms with Gasteiger partial charge in [0.25, 0.3) is 0 Å². The van der Waals surface area contributed by atoms with E-state index in [-0.39, 0.29) is 11.6 Å². The summed E-state index contributed by atoms with van der Waals surface area (Å²) >= 11 is 0. The van der Waals surface area contributed by atoms with E-state index >= 15 is 0 Å². The van der Waals surface area contributed by atoms with Crippen LogP contribution in [0.25, 0.3) is 0 Å². The van der Waals surface area contributed by atoms with Gasteiger partial charge < -0.3 is 5.11 Å². The van der Waals surface area contributed by atoms with Crippen molar-refractivity contribution in [3.05, 3.63) is 35.4 Å². The number of likely N-dealkylation sites (tertiary alicyclic amines) is 1. The second-order valence-corrected chi connectivity index (χ2v) is 6.70. The highest BCUT2D eigenvalue weighted by Gasteiger charge is 2.32. The number of rotatable bonds is 4. The van der Waals surface area contributed by atoms with Crippen LogP contribution in [0.4, 0.5) is 0 Å². The molecule has 106 valence electrons. The lowest BCUT2D eigenvalue weighted by Crippen LogP contribution is -2.40. The molecule has 1 aromatic rings. The van der Waals surface area contributed by atoms with Gasteiger partial charge in [-0.25, -0.2) is 0 Å². The van der Waals surface area contributed by atoms with Crippen molar-refractivity contribution in [1.29, 1.82) is 0 Å². The number of benzene rings is 1. The molecule has 1 saturated heterocycles. The van der Waals surface area contributed by atoms with Crippen LogP contribution in [0.15, 0.2) is 24.3 Å². The molecule has 0 amide bonds. The van der Waals surface area contributed by atoms with E-state index in [1.165, 1.54) is 18.4 Å². The zero-order valence-corrected chi connectivity index (χ0v) is 12.7. The average Bonchev–Trinajstić information content (AvgIpc) is 2.69. The number of aliphatic hydroxyl groups excluding tert-OH is 1. The quantitative estimate of drug-likeness (QED) is 0.893. The number of aliphatic hydroxyl groups is 1. The van der Waals surface area contributed by atoms with Gasteiger partial charge in [0.15, 0.2) is 0 Å². The molecule has 0 bridgehead atoms. The Bertz CT molecular complexity index is 408. The minimum atomic E-state index is -0.376. The van der Waals surface area contributed by atoms with E-state index in [0.717, 1.165) is 18.7 Å². The van der Waals surface area contributed by atoms with Gasteiger partial charge in [-0.15, -0.1) is 0 Å². The third kappa shape index (κ3) is 3.37. The third-order valence-corrected chi connectivity index (χ3v) is 4.45. The first kappa shape index (κ1) is 14.5. The maximum Gasteiger partial charge on any atom is 0.0917 e. The van der Waals surface area contributed by atoms with E-state index < -0.39 is 0 Å². The van der Waals surface area contributed by atoms with Gasteiger partial charge in [0.1, 0.15) is 0 Å². The lowest BCUT2D eigenvalue weighted by atomic mass is 9.98. The summed E-state index contributed by atoms with van der Waals surface area (Å²) in [6.45, 7) is 10.8. The maximum atomic E-state index is 10.4. The summed E-state index contributed by atoms with van der Waals surface area (Å²) in [6, 6.07) is 8.42. The van der Waals surface area contributed by atoms with Crippen LogP contribution < -0.4 is 0 Å². The Morgan fingerprint density at radius 3 is 2.21 bits per heavy atom. The standard InChI is InChI=1S/C17H27NO/c1-13(2)14-6-8-15(9-7-14)16(19)12-18-11-5-10-17(18,3)4/h6-9,13,16,19H,5,10-12H2,1-4H3. The van der Waals surface area contributed by atoms with Gasteiger partial charge in [0, 0.05) is 12.1 Å². The van der Waals surface area contributed by atoms with Crippen molar-refractivity contribution >= 4 is 0 Å². The van der Waals surface area contributed by atoms with E-state index in [9.17, 15) is 5.11 Å². The Morgan fingerprint density at radius 2 is 1.74 bits per heavy atom. The molecule has 0 aliphatic carbocycles. The minimum Gasteiger partial charge on any atom is -0.387 e. The summed E-state index contributed by atoms with van der Waals surface area (Å²) in [5.74, 6) is 0.545. The number of hydrogen-bond donors (Lipinski definition) is 1. The molecular formula is C17H27NO. The van der Waals surface area contributed by atoms with Gasteiger partial charge in [0.2, 0.25) is 0 Å². The van der Waals surface area contributed by atoms with E-state index in [1.807, 2.05) is 0 Å². The molecule has 1 N–H and O–H groups in total. The minimum absolute atomic E-state index is 0.235. The van der Waals surface area contributed by atoms with Crippen molar-refractivity contribution in [3.63, 3.8) is 0 Å². The van der Waals surface area contributed by atoms with Crippen molar-refractivity contribution in [2.24, 2.45) is 0 Å². The second kappa shape index (κ2) is 5.64. The predicted molar refractivity (Wildman–Crippen MR) is 80.4 cm³/mol. The summed E-state index contributed by atoms with van der Waals surface area (Å²) in [6.07, 6.45) is 2.09. The van der Waals surface area contributed by atoms with Gasteiger partial charge >= 0.3 is 0 Å². The van der Waals surface area contributed by atoms with Gasteiger partial charge in [-0.2, -0.15) is 0 Å². The van der Waals surface area contributed by atoms with E-state index in [0.29, 0.717) is 5.92 Å². The summed E-state index contributed by atoms with van der Waals surface area (Å²) in [4.78, 5) is 2.41. The smallest absolute Gasteiger partial charge is 0.0917 e. The van der Waals surface area contributed by atoms with Crippen molar-refractivity contribution < 1.29 is 5.11 Å². The van der Waals surface area contributed by atoms with Crippen LogP contribution in [0.1, 0.15) is 63.7 Å². The van der Waals surface area contributed by atoms with Crippen molar-refractivity contribution in [1.82, 2.24) is 4.90 Å². The fourth-order valence-electron chi connectivity index (χ4n) is 2.92. The Labute approximate surface area is 117 Å². The van der Waals surface area contributed by atoms with Crippen LogP contribution >= 0.6 is 0 Å². The molecule has 1 aromatic carbocycles. The maximum absolute atomic E-state index is 10.4. The molecule has 1 heterocycles. The van der Waals surface area contributed by atoms with Crippen molar-refractivity contribution in [2.45, 2.75) is 58.1 Å². The predicted octanol–water partition coefficient (Wildman–Crippen LogP) is 3.72. The summed E-state index contributed by atoms with van der Waals surface area (Å²) < 4.78 is 0. The molecule has 2 nitrogen and oxygen atoms in total. The molecule has 2 rings (SSSR count). The van der Waals surface area contributed by atoms with Gasteiger partial charge in [-0.1, -0.05) is 38.1 Å². The van der Waals surface area contributed by atoms with E-state index in [2.05, 4.69) is 56.9 Å². The van der Waals surface area contributed by atoms with Crippen molar-refractivity contribution in [2.75, 3.05) is 13.1 Å². The SMILES string of the molecule is CC(C)c1ccc(C(O)CN2CCCC2(C)C)cc1. The lowest BCUT2D eigenvalue weighted by Gasteiger charge is -2.33. The molecule has 19 heavy (non-hydrogen) atoms. The number of nitrogens with zero attached hydrogens (tertiary/aromatic N) is 1. The highest BCUT2D eigenvalue weighted by molar-refractivity contribution is 5.26. The van der Waals surface area contributed by atoms with Crippen LogP contribution in [0.3, 0.4) is 0 Å². The monoisotopic (exact) mass is 261 g/mol. The Kier molecular flexibility index (Phi) is 4.32. The first-order valence-electron chi connectivity index (χ1n) is 7.43. The molecule has 1 fully saturated rings. The first-order valence-corrected chi connectivity index (χ1v) is 7.43. The topological polar surface area (TPSA) is 23.5 Å². The van der Waals surface area contributed by atoms with Crippen LogP contribution in [-0.2, 0) is 0 Å². The fourth-order valence-corrected chi connectivity index (χ4v) is 2.92. The first-order chi connectivity index (χ1) is 8.90. The normalized spacial score (nSPS) is 20.9. The summed E-state index contributed by atoms with van der Waals surface area (Å²) in [7, 11) is 0. The zero-order chi connectivity index (χ0) is 14.0. The Hall–Kier alpha value is -0.860. The molecule has 1 unspecified atom stereocenters. The zero-order valence-electron chi connectivity index (χ0n) is 12.7. The van der Waals surface area contributed by atoms with Gasteiger partial charge in [-0.05, 0) is 50.3 Å². The average molecular weight is 261 g/mol. The lowest BCUT2D eigenvalue weighted by molar-refractivity contribution is 0.0779. The van der Waals surface area contributed by atoms with Crippen LogP contribution in [0.2, 0.25) is 0 Å². The molecule has 2 heteroatoms. The number of hydrogen-bond acceptors (Lipinski definition) is 2. The third-order valence-electron chi connectivity index (χ3n) is 4.45. The molecule has 0 radical (unpaired) electrons. The highest BCUT2D eigenvalue weighted by atomic mass is 16.3. The molecule has 0 saturated carbocycles. The van der Waals surface area contributed by atoms with Gasteiger partial charge in [-0.3, -0.25) is 4.90 Å². The molecule has 0 spiro atoms. The second-order valence-electron chi connectivity index (χ2n) is 6.70. The summed E-state index contributed by atoms with van der Waals surface area (Å²) in [5.41, 5.74) is 2.60. The fraction of sp³-hybridized carbons (Fsp3) is 0.647. The largest absolute Gasteiger partial charge is 0.387 e. The van der Waals surface area contributed by atoms with E-state index in [4.69, 9.17) is 0 Å². The van der Waals surface area contributed by atoms with Crippen LogP contribution in [0, 0.1) is 0 Å². The van der Waals surface area contributed by atoms with Crippen molar-refractivity contribution in [3.8, 4) is 0 Å². The molecule has 1 atom stereocenters. The Morgan fingerprint density at radius 1 is 1.16 bits per heavy atom. The Balaban J connectivity index is 2.01. The molecular weight excluding hydrogens is 234 g/mol. The molecule has 1 aliphatic rings. The van der Waals surface area contributed by atoms with Crippen LogP contribution in [-0.4, -0.2) is 28.6 Å². The highest BCUT2D eigenvalue weighted by Crippen LogP contribution is 2.30. The number of β-amino-alcohol motifs (C(OH)–C–C–N with tert-alkyl or cyclic N) is 1. The molecule has 0 aromatic heterocycles.